The number of benzene rings is 1. The molecule has 0 spiro atoms. The number of hydrogen-bond acceptors (Lipinski definition) is 6. The minimum atomic E-state index is -0.509. The zero-order chi connectivity index (χ0) is 20.9. The molecular weight excluding hydrogens is 380 g/mol. The minimum absolute atomic E-state index is 0.509. The Morgan fingerprint density at radius 2 is 2.00 bits per heavy atom. The molecule has 1 aromatic carbocycles. The highest BCUT2D eigenvalue weighted by Crippen LogP contribution is 2.38. The number of nitrogens with zero attached hydrogens (tertiary/aromatic N) is 4. The van der Waals surface area contributed by atoms with Crippen LogP contribution in [0.4, 0.5) is 5.95 Å². The SMILES string of the molecule is CCOC(OC)c1c(-c2ccc(C)cc2)c2ncccc2n1CCNc1ncn[nH]1. The summed E-state index contributed by atoms with van der Waals surface area (Å²) in [4.78, 5) is 8.84. The maximum atomic E-state index is 5.97. The molecule has 4 rings (SSSR count). The summed E-state index contributed by atoms with van der Waals surface area (Å²) in [6.07, 6.45) is 2.79. The summed E-state index contributed by atoms with van der Waals surface area (Å²) in [5, 5.41) is 9.96. The van der Waals surface area contributed by atoms with Gasteiger partial charge in [0.1, 0.15) is 6.33 Å². The van der Waals surface area contributed by atoms with Crippen molar-refractivity contribution in [3.05, 3.63) is 60.2 Å². The zero-order valence-electron chi connectivity index (χ0n) is 17.4. The fraction of sp³-hybridized carbons (Fsp3) is 0.318. The first-order chi connectivity index (χ1) is 14.7. The Balaban J connectivity index is 1.84. The third-order valence-electron chi connectivity index (χ3n) is 5.00. The first-order valence-electron chi connectivity index (χ1n) is 10.0. The fourth-order valence-corrected chi connectivity index (χ4v) is 3.67. The van der Waals surface area contributed by atoms with E-state index in [1.807, 2.05) is 19.2 Å². The van der Waals surface area contributed by atoms with Crippen LogP contribution in [0.2, 0.25) is 0 Å². The summed E-state index contributed by atoms with van der Waals surface area (Å²) in [6, 6.07) is 12.5. The van der Waals surface area contributed by atoms with Crippen LogP contribution in [0, 0.1) is 6.92 Å². The van der Waals surface area contributed by atoms with Crippen LogP contribution in [0.5, 0.6) is 0 Å². The summed E-state index contributed by atoms with van der Waals surface area (Å²) in [7, 11) is 1.67. The molecule has 156 valence electrons. The van der Waals surface area contributed by atoms with E-state index in [-0.39, 0.29) is 0 Å². The first-order valence-corrected chi connectivity index (χ1v) is 10.0. The van der Waals surface area contributed by atoms with E-state index >= 15 is 0 Å². The second kappa shape index (κ2) is 9.06. The number of pyridine rings is 1. The Morgan fingerprint density at radius 3 is 2.70 bits per heavy atom. The van der Waals surface area contributed by atoms with Crippen molar-refractivity contribution in [3.63, 3.8) is 0 Å². The molecule has 0 aliphatic rings. The second-order valence-corrected chi connectivity index (χ2v) is 6.93. The van der Waals surface area contributed by atoms with E-state index in [4.69, 9.17) is 14.5 Å². The van der Waals surface area contributed by atoms with Gasteiger partial charge in [0.15, 0.2) is 6.29 Å². The third-order valence-corrected chi connectivity index (χ3v) is 5.00. The van der Waals surface area contributed by atoms with Crippen molar-refractivity contribution in [1.82, 2.24) is 24.7 Å². The molecule has 8 heteroatoms. The minimum Gasteiger partial charge on any atom is -0.353 e. The standard InChI is InChI=1S/C22H26N6O2/c1-4-30-21(29-3)20-18(16-9-7-15(2)8-10-16)19-17(6-5-11-23-19)28(20)13-12-24-22-25-14-26-27-22/h5-11,14,21H,4,12-13H2,1-3H3,(H2,24,25,26,27). The molecule has 0 fully saturated rings. The molecule has 0 aliphatic carbocycles. The summed E-state index contributed by atoms with van der Waals surface area (Å²) in [5.41, 5.74) is 6.24. The number of rotatable bonds is 9. The van der Waals surface area contributed by atoms with E-state index in [9.17, 15) is 0 Å². The van der Waals surface area contributed by atoms with Crippen molar-refractivity contribution < 1.29 is 9.47 Å². The van der Waals surface area contributed by atoms with Crippen LogP contribution in [0.25, 0.3) is 22.2 Å². The van der Waals surface area contributed by atoms with Crippen molar-refractivity contribution in [1.29, 1.82) is 0 Å². The molecule has 3 heterocycles. The van der Waals surface area contributed by atoms with Gasteiger partial charge in [0.25, 0.3) is 0 Å². The molecule has 2 N–H and O–H groups in total. The van der Waals surface area contributed by atoms with Crippen LogP contribution in [-0.4, -0.2) is 45.0 Å². The molecule has 1 unspecified atom stereocenters. The molecule has 8 nitrogen and oxygen atoms in total. The van der Waals surface area contributed by atoms with Crippen molar-refractivity contribution in [2.75, 3.05) is 25.6 Å². The number of ether oxygens (including phenoxy) is 2. The van der Waals surface area contributed by atoms with Crippen LogP contribution < -0.4 is 5.32 Å². The maximum Gasteiger partial charge on any atom is 0.218 e. The van der Waals surface area contributed by atoms with Gasteiger partial charge in [-0.2, -0.15) is 5.10 Å². The van der Waals surface area contributed by atoms with Crippen LogP contribution in [-0.2, 0) is 16.0 Å². The van der Waals surface area contributed by atoms with Gasteiger partial charge in [0.05, 0.1) is 16.7 Å². The van der Waals surface area contributed by atoms with Gasteiger partial charge in [-0.3, -0.25) is 4.98 Å². The van der Waals surface area contributed by atoms with Gasteiger partial charge in [-0.15, -0.1) is 0 Å². The number of aryl methyl sites for hydroxylation is 1. The molecule has 3 aromatic heterocycles. The lowest BCUT2D eigenvalue weighted by Crippen LogP contribution is -2.18. The van der Waals surface area contributed by atoms with Crippen molar-refractivity contribution in [2.24, 2.45) is 0 Å². The highest BCUT2D eigenvalue weighted by atomic mass is 16.7. The number of hydrogen-bond donors (Lipinski definition) is 2. The van der Waals surface area contributed by atoms with E-state index < -0.39 is 6.29 Å². The Bertz CT molecular complexity index is 1090. The van der Waals surface area contributed by atoms with Crippen molar-refractivity contribution in [2.45, 2.75) is 26.7 Å². The molecule has 30 heavy (non-hydrogen) atoms. The van der Waals surface area contributed by atoms with Gasteiger partial charge < -0.3 is 19.4 Å². The number of anilines is 1. The maximum absolute atomic E-state index is 5.97. The molecule has 1 atom stereocenters. The molecule has 0 radical (unpaired) electrons. The predicted molar refractivity (Wildman–Crippen MR) is 116 cm³/mol. The van der Waals surface area contributed by atoms with E-state index in [1.54, 1.807) is 7.11 Å². The van der Waals surface area contributed by atoms with E-state index in [2.05, 4.69) is 62.3 Å². The average molecular weight is 406 g/mol. The predicted octanol–water partition coefficient (Wildman–Crippen LogP) is 3.92. The summed E-state index contributed by atoms with van der Waals surface area (Å²) < 4.78 is 13.9. The van der Waals surface area contributed by atoms with Crippen molar-refractivity contribution >= 4 is 17.0 Å². The van der Waals surface area contributed by atoms with Gasteiger partial charge in [-0.1, -0.05) is 29.8 Å². The summed E-state index contributed by atoms with van der Waals surface area (Å²) in [6.45, 7) is 5.92. The first kappa shape index (κ1) is 20.1. The van der Waals surface area contributed by atoms with Gasteiger partial charge in [0, 0.05) is 38.6 Å². The molecule has 0 amide bonds. The largest absolute Gasteiger partial charge is 0.353 e. The number of nitrogens with one attached hydrogen (secondary N) is 2. The highest BCUT2D eigenvalue weighted by molar-refractivity contribution is 5.95. The Hall–Kier alpha value is -3.23. The lowest BCUT2D eigenvalue weighted by atomic mass is 10.0. The van der Waals surface area contributed by atoms with Crippen LogP contribution >= 0.6 is 0 Å². The molecular formula is C22H26N6O2. The monoisotopic (exact) mass is 406 g/mol. The molecule has 4 aromatic rings. The second-order valence-electron chi connectivity index (χ2n) is 6.93. The van der Waals surface area contributed by atoms with E-state index in [0.717, 1.165) is 27.9 Å². The summed E-state index contributed by atoms with van der Waals surface area (Å²) >= 11 is 0. The van der Waals surface area contributed by atoms with Crippen LogP contribution in [0.3, 0.4) is 0 Å². The van der Waals surface area contributed by atoms with Gasteiger partial charge >= 0.3 is 0 Å². The molecule has 0 bridgehead atoms. The highest BCUT2D eigenvalue weighted by Gasteiger charge is 2.26. The smallest absolute Gasteiger partial charge is 0.218 e. The van der Waals surface area contributed by atoms with Gasteiger partial charge in [0.2, 0.25) is 5.95 Å². The number of methoxy groups -OCH3 is 1. The quantitative estimate of drug-likeness (QED) is 0.410. The Morgan fingerprint density at radius 1 is 1.17 bits per heavy atom. The van der Waals surface area contributed by atoms with Gasteiger partial charge in [-0.05, 0) is 31.5 Å². The topological polar surface area (TPSA) is 89.9 Å². The molecule has 0 saturated carbocycles. The van der Waals surface area contributed by atoms with Gasteiger partial charge in [-0.25, -0.2) is 10.1 Å². The molecule has 0 aliphatic heterocycles. The average Bonchev–Trinajstić information content (AvgIpc) is 3.39. The zero-order valence-corrected chi connectivity index (χ0v) is 17.4. The summed E-state index contributed by atoms with van der Waals surface area (Å²) in [5.74, 6) is 0.637. The third kappa shape index (κ3) is 3.92. The fourth-order valence-electron chi connectivity index (χ4n) is 3.67. The number of aromatic nitrogens is 5. The lowest BCUT2D eigenvalue weighted by Gasteiger charge is -2.20. The normalized spacial score (nSPS) is 12.4. The van der Waals surface area contributed by atoms with E-state index in [0.29, 0.717) is 25.6 Å². The van der Waals surface area contributed by atoms with Crippen LogP contribution in [0.15, 0.2) is 48.9 Å². The Kier molecular flexibility index (Phi) is 6.06. The van der Waals surface area contributed by atoms with Crippen LogP contribution in [0.1, 0.15) is 24.5 Å². The lowest BCUT2D eigenvalue weighted by molar-refractivity contribution is -0.127. The van der Waals surface area contributed by atoms with Crippen molar-refractivity contribution in [3.8, 4) is 11.1 Å². The number of fused-ring (bicyclic) bond motifs is 1. The Labute approximate surface area is 175 Å². The molecule has 0 saturated heterocycles. The number of H-pyrrole nitrogens is 1. The number of aromatic amines is 1. The van der Waals surface area contributed by atoms with E-state index in [1.165, 1.54) is 11.9 Å².